The van der Waals surface area contributed by atoms with Gasteiger partial charge in [-0.05, 0) is 49.7 Å². The molecule has 0 aliphatic heterocycles. The van der Waals surface area contributed by atoms with E-state index in [0.29, 0.717) is 46.5 Å². The second-order valence-electron chi connectivity index (χ2n) is 10.8. The molecule has 0 bridgehead atoms. The third-order valence-electron chi connectivity index (χ3n) is 7.83. The standard InChI is InChI=1S/C35H37F2N7O6.2C2H6/c1-7-44-30(31(19(2)43-44)49-18-20-8-11-22(46-4)12-9-20)35-42-29(32(50-35)33(36)37)28-24(16-38)25(39-3)15-26(41-28)34(45)40-17-21-10-13-23(47-5)14-27(21)48-6;2*1-2/h8-16,33,38H,7,17-18H2,1-6H3,(H,39,41)(H,40,45);2*1-2H3. The molecule has 0 unspecified atom stereocenters. The predicted molar refractivity (Wildman–Crippen MR) is 204 cm³/mol. The number of aryl methyl sites for hydroxylation is 2. The number of benzene rings is 2. The van der Waals surface area contributed by atoms with E-state index in [2.05, 4.69) is 25.7 Å². The number of halogens is 2. The maximum atomic E-state index is 14.7. The van der Waals surface area contributed by atoms with Crippen molar-refractivity contribution in [3.8, 4) is 46.0 Å². The van der Waals surface area contributed by atoms with Crippen LogP contribution in [0.3, 0.4) is 0 Å². The minimum Gasteiger partial charge on any atom is -0.497 e. The van der Waals surface area contributed by atoms with E-state index in [0.717, 1.165) is 11.8 Å². The molecule has 0 aliphatic carbocycles. The molecular formula is C39H49F2N7O6. The molecule has 0 saturated heterocycles. The average Bonchev–Trinajstić information content (AvgIpc) is 3.80. The molecule has 0 saturated carbocycles. The Bertz CT molecular complexity index is 1990. The molecule has 0 radical (unpaired) electrons. The summed E-state index contributed by atoms with van der Waals surface area (Å²) >= 11 is 0. The molecule has 3 N–H and O–H groups in total. The van der Waals surface area contributed by atoms with E-state index in [4.69, 9.17) is 28.8 Å². The molecule has 1 amide bonds. The Morgan fingerprint density at radius 1 is 0.963 bits per heavy atom. The maximum Gasteiger partial charge on any atom is 0.297 e. The van der Waals surface area contributed by atoms with Gasteiger partial charge in [0.25, 0.3) is 12.3 Å². The zero-order valence-corrected chi connectivity index (χ0v) is 32.4. The Morgan fingerprint density at radius 3 is 2.20 bits per heavy atom. The first-order chi connectivity index (χ1) is 26.1. The van der Waals surface area contributed by atoms with E-state index in [1.807, 2.05) is 46.8 Å². The summed E-state index contributed by atoms with van der Waals surface area (Å²) in [6.45, 7) is 12.1. The van der Waals surface area contributed by atoms with Gasteiger partial charge >= 0.3 is 0 Å². The van der Waals surface area contributed by atoms with E-state index in [9.17, 15) is 13.6 Å². The van der Waals surface area contributed by atoms with Crippen LogP contribution in [0.25, 0.3) is 23.0 Å². The zero-order valence-electron chi connectivity index (χ0n) is 32.4. The van der Waals surface area contributed by atoms with Gasteiger partial charge in [0, 0.05) is 49.2 Å². The van der Waals surface area contributed by atoms with Gasteiger partial charge in [0.05, 0.1) is 21.3 Å². The summed E-state index contributed by atoms with van der Waals surface area (Å²) in [5, 5.41) is 18.4. The summed E-state index contributed by atoms with van der Waals surface area (Å²) in [5.41, 5.74) is 2.07. The van der Waals surface area contributed by atoms with Crippen molar-refractivity contribution >= 4 is 17.8 Å². The molecule has 0 aliphatic rings. The Hall–Kier alpha value is -5.99. The highest BCUT2D eigenvalue weighted by Gasteiger charge is 2.31. The molecule has 290 valence electrons. The number of carbonyl (C=O) groups excluding carboxylic acids is 1. The predicted octanol–water partition coefficient (Wildman–Crippen LogP) is 8.49. The third-order valence-corrected chi connectivity index (χ3v) is 7.83. The second-order valence-corrected chi connectivity index (χ2v) is 10.8. The van der Waals surface area contributed by atoms with E-state index >= 15 is 0 Å². The Labute approximate surface area is 314 Å². The van der Waals surface area contributed by atoms with Gasteiger partial charge in [0.2, 0.25) is 11.7 Å². The zero-order chi connectivity index (χ0) is 39.9. The van der Waals surface area contributed by atoms with Crippen LogP contribution < -0.4 is 29.6 Å². The minimum absolute atomic E-state index is 0.0697. The van der Waals surface area contributed by atoms with Gasteiger partial charge < -0.3 is 39.4 Å². The first-order valence-corrected chi connectivity index (χ1v) is 17.5. The molecule has 3 heterocycles. The summed E-state index contributed by atoms with van der Waals surface area (Å²) in [6, 6.07) is 13.9. The Morgan fingerprint density at radius 2 is 1.63 bits per heavy atom. The van der Waals surface area contributed by atoms with Gasteiger partial charge in [-0.1, -0.05) is 39.8 Å². The van der Waals surface area contributed by atoms with Crippen LogP contribution in [-0.4, -0.2) is 60.2 Å². The monoisotopic (exact) mass is 749 g/mol. The van der Waals surface area contributed by atoms with Crippen LogP contribution in [0.5, 0.6) is 23.0 Å². The largest absolute Gasteiger partial charge is 0.497 e. The van der Waals surface area contributed by atoms with Crippen molar-refractivity contribution in [2.75, 3.05) is 33.7 Å². The molecule has 15 heteroatoms. The van der Waals surface area contributed by atoms with Gasteiger partial charge in [-0.2, -0.15) is 5.10 Å². The average molecular weight is 750 g/mol. The number of ether oxygens (including phenoxy) is 4. The number of hydrogen-bond donors (Lipinski definition) is 3. The molecule has 54 heavy (non-hydrogen) atoms. The van der Waals surface area contributed by atoms with E-state index in [1.54, 1.807) is 56.1 Å². The summed E-state index contributed by atoms with van der Waals surface area (Å²) in [7, 11) is 6.18. The lowest BCUT2D eigenvalue weighted by Gasteiger charge is -2.14. The second kappa shape index (κ2) is 20.3. The van der Waals surface area contributed by atoms with Crippen LogP contribution in [0.4, 0.5) is 14.5 Å². The highest BCUT2D eigenvalue weighted by molar-refractivity contribution is 5.99. The fourth-order valence-electron chi connectivity index (χ4n) is 5.27. The number of pyridine rings is 1. The van der Waals surface area contributed by atoms with Crippen molar-refractivity contribution < 1.29 is 36.9 Å². The fourth-order valence-corrected chi connectivity index (χ4v) is 5.27. The van der Waals surface area contributed by atoms with Gasteiger partial charge in [0.1, 0.15) is 46.6 Å². The number of alkyl halides is 2. The molecule has 5 rings (SSSR count). The third kappa shape index (κ3) is 9.51. The smallest absolute Gasteiger partial charge is 0.297 e. The lowest BCUT2D eigenvalue weighted by atomic mass is 10.1. The van der Waals surface area contributed by atoms with Crippen molar-refractivity contribution in [2.45, 2.75) is 67.7 Å². The summed E-state index contributed by atoms with van der Waals surface area (Å²) in [4.78, 5) is 22.4. The van der Waals surface area contributed by atoms with Crippen molar-refractivity contribution in [3.05, 3.63) is 82.4 Å². The number of anilines is 1. The molecule has 0 spiro atoms. The Kier molecular flexibility index (Phi) is 16.0. The van der Waals surface area contributed by atoms with Gasteiger partial charge in [0.15, 0.2) is 11.4 Å². The number of oxazole rings is 1. The molecule has 0 fully saturated rings. The molecule has 0 atom stereocenters. The topological polar surface area (TPSA) is 159 Å². The summed E-state index contributed by atoms with van der Waals surface area (Å²) < 4.78 is 58.7. The number of rotatable bonds is 15. The number of carbonyl (C=O) groups is 1. The number of hydrogen-bond acceptors (Lipinski definition) is 11. The number of amides is 1. The van der Waals surface area contributed by atoms with Gasteiger partial charge in [-0.15, -0.1) is 0 Å². The van der Waals surface area contributed by atoms with E-state index in [1.165, 1.54) is 20.3 Å². The minimum atomic E-state index is -3.12. The Balaban J connectivity index is 0.00000190. The lowest BCUT2D eigenvalue weighted by molar-refractivity contribution is 0.0946. The number of aromatic nitrogens is 4. The van der Waals surface area contributed by atoms with E-state index in [-0.39, 0.29) is 47.4 Å². The maximum absolute atomic E-state index is 14.7. The number of methoxy groups -OCH3 is 3. The highest BCUT2D eigenvalue weighted by atomic mass is 19.3. The van der Waals surface area contributed by atoms with Crippen molar-refractivity contribution in [1.82, 2.24) is 25.1 Å². The highest BCUT2D eigenvalue weighted by Crippen LogP contribution is 2.40. The molecule has 2 aromatic carbocycles. The fraction of sp³-hybridized carbons (Fsp3) is 0.359. The van der Waals surface area contributed by atoms with Crippen LogP contribution in [0, 0.1) is 12.3 Å². The van der Waals surface area contributed by atoms with Crippen LogP contribution in [-0.2, 0) is 19.7 Å². The van der Waals surface area contributed by atoms with Gasteiger partial charge in [-0.25, -0.2) is 18.7 Å². The normalized spacial score (nSPS) is 10.4. The van der Waals surface area contributed by atoms with Crippen LogP contribution in [0.2, 0.25) is 0 Å². The first kappa shape index (κ1) is 42.4. The lowest BCUT2D eigenvalue weighted by Crippen LogP contribution is -2.24. The molecule has 5 aromatic rings. The molecular weight excluding hydrogens is 700 g/mol. The van der Waals surface area contributed by atoms with Crippen molar-refractivity contribution in [2.24, 2.45) is 0 Å². The quantitative estimate of drug-likeness (QED) is 0.0887. The molecule has 3 aromatic heterocycles. The van der Waals surface area contributed by atoms with Gasteiger partial charge in [-0.3, -0.25) is 9.48 Å². The van der Waals surface area contributed by atoms with Crippen LogP contribution in [0.1, 0.15) is 79.7 Å². The number of nitrogens with one attached hydrogen (secondary N) is 3. The van der Waals surface area contributed by atoms with E-state index < -0.39 is 18.1 Å². The van der Waals surface area contributed by atoms with Crippen molar-refractivity contribution in [3.63, 3.8) is 0 Å². The summed E-state index contributed by atoms with van der Waals surface area (Å²) in [6.07, 6.45) is -2.17. The first-order valence-electron chi connectivity index (χ1n) is 17.5. The van der Waals surface area contributed by atoms with Crippen LogP contribution >= 0.6 is 0 Å². The SMILES string of the molecule is CC.CC.CCn1nc(C)c(OCc2ccc(OC)cc2)c1-c1nc(-c2nc(C(=O)NCc3ccc(OC)cc3OC)cc(NC)c2C=N)c(C(F)F)o1. The molecule has 13 nitrogen and oxygen atoms in total. The van der Waals surface area contributed by atoms with Crippen molar-refractivity contribution in [1.29, 1.82) is 5.41 Å². The summed E-state index contributed by atoms with van der Waals surface area (Å²) in [5.74, 6) is 0.490. The van der Waals surface area contributed by atoms with Crippen LogP contribution in [0.15, 0.2) is 52.9 Å². The number of nitrogens with zero attached hydrogens (tertiary/aromatic N) is 4.